The minimum Gasteiger partial charge on any atom is -0.436 e. The number of aryl methyl sites for hydroxylation is 2. The number of aromatic nitrogens is 4. The topological polar surface area (TPSA) is 90.5 Å². The Morgan fingerprint density at radius 2 is 1.87 bits per heavy atom. The zero-order valence-corrected chi connectivity index (χ0v) is 16.7. The molecule has 0 atom stereocenters. The quantitative estimate of drug-likeness (QED) is 0.534. The molecule has 0 aliphatic heterocycles. The van der Waals surface area contributed by atoms with Gasteiger partial charge in [-0.15, -0.1) is 5.10 Å². The first-order valence-corrected chi connectivity index (χ1v) is 9.51. The predicted octanol–water partition coefficient (Wildman–Crippen LogP) is 2.62. The summed E-state index contributed by atoms with van der Waals surface area (Å²) < 4.78 is 8.28. The number of carbonyl (C=O) groups is 1. The van der Waals surface area contributed by atoms with Crippen LogP contribution < -0.4 is 15.7 Å². The van der Waals surface area contributed by atoms with Crippen molar-refractivity contribution in [3.63, 3.8) is 0 Å². The van der Waals surface area contributed by atoms with Crippen molar-refractivity contribution in [1.82, 2.24) is 24.5 Å². The number of para-hydroxylation sites is 1. The molecule has 2 heterocycles. The number of fused-ring (bicyclic) bond motifs is 1. The number of benzene rings is 2. The summed E-state index contributed by atoms with van der Waals surface area (Å²) in [4.78, 5) is 29.2. The van der Waals surface area contributed by atoms with E-state index >= 15 is 0 Å². The van der Waals surface area contributed by atoms with Crippen LogP contribution in [0.1, 0.15) is 16.7 Å². The van der Waals surface area contributed by atoms with Gasteiger partial charge in [0.2, 0.25) is 11.6 Å². The predicted molar refractivity (Wildman–Crippen MR) is 112 cm³/mol. The molecule has 0 aliphatic rings. The molecule has 4 aromatic rings. The maximum absolute atomic E-state index is 12.6. The molecule has 8 heteroatoms. The molecule has 152 valence electrons. The van der Waals surface area contributed by atoms with Gasteiger partial charge in [-0.1, -0.05) is 48.0 Å². The van der Waals surface area contributed by atoms with Gasteiger partial charge in [-0.05, 0) is 31.0 Å². The molecular formula is C22H21N5O3. The molecule has 1 N–H and O–H groups in total. The highest BCUT2D eigenvalue weighted by molar-refractivity contribution is 5.75. The van der Waals surface area contributed by atoms with E-state index in [-0.39, 0.29) is 24.0 Å². The summed E-state index contributed by atoms with van der Waals surface area (Å²) >= 11 is 0. The zero-order chi connectivity index (χ0) is 21.1. The Morgan fingerprint density at radius 3 is 2.63 bits per heavy atom. The summed E-state index contributed by atoms with van der Waals surface area (Å²) in [5.74, 6) is 0.508. The number of amides is 1. The number of carbonyl (C=O) groups excluding carboxylic acids is 1. The molecule has 0 saturated heterocycles. The Bertz CT molecular complexity index is 1260. The first-order chi connectivity index (χ1) is 14.5. The third kappa shape index (κ3) is 4.07. The van der Waals surface area contributed by atoms with Gasteiger partial charge in [0.1, 0.15) is 12.3 Å². The Hall–Kier alpha value is -3.94. The summed E-state index contributed by atoms with van der Waals surface area (Å²) in [6, 6.07) is 15.4. The second kappa shape index (κ2) is 8.20. The molecule has 2 aromatic heterocycles. The van der Waals surface area contributed by atoms with E-state index in [0.717, 1.165) is 21.4 Å². The molecule has 0 fully saturated rings. The Morgan fingerprint density at radius 1 is 1.10 bits per heavy atom. The van der Waals surface area contributed by atoms with E-state index < -0.39 is 5.69 Å². The van der Waals surface area contributed by atoms with Gasteiger partial charge in [-0.25, -0.2) is 18.9 Å². The fourth-order valence-corrected chi connectivity index (χ4v) is 2.97. The molecule has 0 bridgehead atoms. The van der Waals surface area contributed by atoms with Gasteiger partial charge < -0.3 is 10.1 Å². The molecule has 4 rings (SSSR count). The van der Waals surface area contributed by atoms with E-state index in [9.17, 15) is 9.59 Å². The molecule has 0 unspecified atom stereocenters. The summed E-state index contributed by atoms with van der Waals surface area (Å²) in [5, 5.41) is 7.07. The summed E-state index contributed by atoms with van der Waals surface area (Å²) in [6.45, 7) is 4.10. The average Bonchev–Trinajstić information content (AvgIpc) is 3.06. The van der Waals surface area contributed by atoms with Gasteiger partial charge in [0.05, 0.1) is 0 Å². The van der Waals surface area contributed by atoms with E-state index in [1.165, 1.54) is 16.8 Å². The van der Waals surface area contributed by atoms with Gasteiger partial charge in [-0.2, -0.15) is 0 Å². The lowest BCUT2D eigenvalue weighted by Crippen LogP contribution is -2.32. The highest BCUT2D eigenvalue weighted by Gasteiger charge is 2.16. The minimum atomic E-state index is -0.437. The number of hydrogen-bond acceptors (Lipinski definition) is 5. The number of ether oxygens (including phenoxy) is 1. The first kappa shape index (κ1) is 19.4. The molecule has 2 aromatic carbocycles. The molecule has 0 saturated carbocycles. The summed E-state index contributed by atoms with van der Waals surface area (Å²) in [6.07, 6.45) is 2.96. The van der Waals surface area contributed by atoms with Crippen LogP contribution in [-0.2, 0) is 17.9 Å². The normalized spacial score (nSPS) is 10.9. The van der Waals surface area contributed by atoms with Gasteiger partial charge >= 0.3 is 5.69 Å². The molecule has 0 aliphatic carbocycles. The number of hydrogen-bond donors (Lipinski definition) is 1. The third-order valence-corrected chi connectivity index (χ3v) is 4.67. The first-order valence-electron chi connectivity index (χ1n) is 9.51. The highest BCUT2D eigenvalue weighted by Crippen LogP contribution is 2.24. The fraction of sp³-hybridized carbons (Fsp3) is 0.182. The number of nitrogens with one attached hydrogen (secondary N) is 1. The van der Waals surface area contributed by atoms with Crippen molar-refractivity contribution in [3.05, 3.63) is 88.1 Å². The monoisotopic (exact) mass is 403 g/mol. The van der Waals surface area contributed by atoms with Crippen LogP contribution in [0.15, 0.2) is 65.7 Å². The second-order valence-corrected chi connectivity index (χ2v) is 7.00. The van der Waals surface area contributed by atoms with Gasteiger partial charge in [0.25, 0.3) is 5.88 Å². The zero-order valence-electron chi connectivity index (χ0n) is 16.7. The van der Waals surface area contributed by atoms with Crippen molar-refractivity contribution in [2.45, 2.75) is 26.9 Å². The number of rotatable bonds is 6. The van der Waals surface area contributed by atoms with Crippen LogP contribution in [0.25, 0.3) is 5.65 Å². The highest BCUT2D eigenvalue weighted by atomic mass is 16.5. The SMILES string of the molecule is Cc1ccc(CNC(=O)Cn2nc3c(Oc4ccccc4C)nccn3c2=O)cc1. The van der Waals surface area contributed by atoms with Crippen LogP contribution >= 0.6 is 0 Å². The number of nitrogens with zero attached hydrogens (tertiary/aromatic N) is 4. The van der Waals surface area contributed by atoms with Gasteiger partial charge in [-0.3, -0.25) is 4.79 Å². The van der Waals surface area contributed by atoms with Crippen molar-refractivity contribution in [2.75, 3.05) is 0 Å². The molecule has 30 heavy (non-hydrogen) atoms. The molecule has 1 amide bonds. The van der Waals surface area contributed by atoms with Crippen LogP contribution in [-0.4, -0.2) is 25.1 Å². The van der Waals surface area contributed by atoms with Crippen molar-refractivity contribution in [1.29, 1.82) is 0 Å². The fourth-order valence-electron chi connectivity index (χ4n) is 2.97. The van der Waals surface area contributed by atoms with E-state index in [0.29, 0.717) is 12.3 Å². The van der Waals surface area contributed by atoms with E-state index in [1.54, 1.807) is 0 Å². The van der Waals surface area contributed by atoms with Crippen LogP contribution in [0, 0.1) is 13.8 Å². The van der Waals surface area contributed by atoms with Crippen molar-refractivity contribution >= 4 is 11.6 Å². The standard InChI is InChI=1S/C22H21N5O3/c1-15-7-9-17(10-8-15)13-24-19(28)14-27-22(29)26-12-11-23-21(20(26)25-27)30-18-6-4-3-5-16(18)2/h3-12H,13-14H2,1-2H3,(H,24,28). The largest absolute Gasteiger partial charge is 0.436 e. The summed E-state index contributed by atoms with van der Waals surface area (Å²) in [5.41, 5.74) is 2.87. The lowest BCUT2D eigenvalue weighted by molar-refractivity contribution is -0.122. The van der Waals surface area contributed by atoms with E-state index in [1.807, 2.05) is 62.4 Å². The Kier molecular flexibility index (Phi) is 5.30. The van der Waals surface area contributed by atoms with Gasteiger partial charge in [0, 0.05) is 18.9 Å². The lowest BCUT2D eigenvalue weighted by atomic mass is 10.1. The maximum Gasteiger partial charge on any atom is 0.351 e. The second-order valence-electron chi connectivity index (χ2n) is 7.00. The van der Waals surface area contributed by atoms with Crippen molar-refractivity contribution < 1.29 is 9.53 Å². The van der Waals surface area contributed by atoms with Gasteiger partial charge in [0.15, 0.2) is 0 Å². The third-order valence-electron chi connectivity index (χ3n) is 4.67. The summed E-state index contributed by atoms with van der Waals surface area (Å²) in [7, 11) is 0. The van der Waals surface area contributed by atoms with Crippen molar-refractivity contribution in [3.8, 4) is 11.6 Å². The maximum atomic E-state index is 12.6. The Balaban J connectivity index is 1.53. The molecule has 0 radical (unpaired) electrons. The van der Waals surface area contributed by atoms with Crippen LogP contribution in [0.3, 0.4) is 0 Å². The van der Waals surface area contributed by atoms with Crippen LogP contribution in [0.4, 0.5) is 0 Å². The smallest absolute Gasteiger partial charge is 0.351 e. The molecule has 8 nitrogen and oxygen atoms in total. The van der Waals surface area contributed by atoms with E-state index in [2.05, 4.69) is 15.4 Å². The molecule has 0 spiro atoms. The van der Waals surface area contributed by atoms with Crippen LogP contribution in [0.5, 0.6) is 11.6 Å². The van der Waals surface area contributed by atoms with Crippen LogP contribution in [0.2, 0.25) is 0 Å². The molecular weight excluding hydrogens is 382 g/mol. The van der Waals surface area contributed by atoms with Crippen molar-refractivity contribution in [2.24, 2.45) is 0 Å². The van der Waals surface area contributed by atoms with E-state index in [4.69, 9.17) is 4.74 Å². The lowest BCUT2D eigenvalue weighted by Gasteiger charge is -2.07. The Labute approximate surface area is 172 Å². The minimum absolute atomic E-state index is 0.197. The average molecular weight is 403 g/mol.